The maximum absolute atomic E-state index is 12.7. The summed E-state index contributed by atoms with van der Waals surface area (Å²) in [6.45, 7) is 5.00. The number of imide groups is 1. The number of anilines is 2. The molecule has 1 unspecified atom stereocenters. The summed E-state index contributed by atoms with van der Waals surface area (Å²) >= 11 is 12.5. The number of methoxy groups -OCH3 is 1. The van der Waals surface area contributed by atoms with Gasteiger partial charge in [-0.15, -0.1) is 0 Å². The molecule has 1 aliphatic rings. The van der Waals surface area contributed by atoms with Gasteiger partial charge in [-0.1, -0.05) is 83.9 Å². The molecule has 1 aliphatic heterocycles. The maximum Gasteiger partial charge on any atom is 0.342 e. The van der Waals surface area contributed by atoms with Crippen LogP contribution in [0.15, 0.2) is 91.0 Å². The number of aryl methyl sites for hydroxylation is 1. The number of ketones is 1. The molecule has 0 fully saturated rings. The normalized spacial score (nSPS) is 13.0. The van der Waals surface area contributed by atoms with Gasteiger partial charge in [0.15, 0.2) is 6.79 Å². The molecule has 0 saturated carbocycles. The predicted octanol–water partition coefficient (Wildman–Crippen LogP) is 7.47. The molecule has 1 heterocycles. The van der Waals surface area contributed by atoms with E-state index in [2.05, 4.69) is 5.32 Å². The average Bonchev–Trinajstić information content (AvgIpc) is 3.36. The zero-order chi connectivity index (χ0) is 36.4. The average molecular weight is 720 g/mol. The van der Waals surface area contributed by atoms with Crippen molar-refractivity contribution < 1.29 is 38.2 Å². The molecule has 5 rings (SSSR count). The highest BCUT2D eigenvalue weighted by atomic mass is 35.5. The Bertz CT molecular complexity index is 1860. The van der Waals surface area contributed by atoms with E-state index < -0.39 is 35.0 Å². The molecule has 1 N–H and O–H groups in total. The molecule has 1 atom stereocenters. The minimum atomic E-state index is -1.66. The number of para-hydroxylation sites is 1. The molecule has 2 amide bonds. The van der Waals surface area contributed by atoms with Crippen molar-refractivity contribution in [2.45, 2.75) is 27.2 Å². The zero-order valence-corrected chi connectivity index (χ0v) is 29.5. The zero-order valence-electron chi connectivity index (χ0n) is 28.0. The summed E-state index contributed by atoms with van der Waals surface area (Å²) in [7, 11) is 1.19. The number of Topliss-reactive ketones (excluding diaryl/α,β-unsaturated/α-hetero) is 1. The quantitative estimate of drug-likeness (QED) is 0.0522. The number of hydrogen-bond acceptors (Lipinski definition) is 9. The van der Waals surface area contributed by atoms with Gasteiger partial charge in [0.05, 0.1) is 51.8 Å². The number of ether oxygens (including phenoxy) is 3. The molecule has 0 aliphatic carbocycles. The number of esters is 2. The van der Waals surface area contributed by atoms with E-state index in [1.807, 2.05) is 26.0 Å². The van der Waals surface area contributed by atoms with Gasteiger partial charge in [0.1, 0.15) is 11.2 Å². The van der Waals surface area contributed by atoms with Crippen LogP contribution in [-0.4, -0.2) is 61.5 Å². The molecular formula is C38H36Cl2N2O8. The van der Waals surface area contributed by atoms with Crippen molar-refractivity contribution in [3.63, 3.8) is 0 Å². The second kappa shape index (κ2) is 17.1. The van der Waals surface area contributed by atoms with Crippen molar-refractivity contribution in [1.82, 2.24) is 4.90 Å². The number of carbonyl (C=O) groups is 5. The Balaban J connectivity index is 0.000000228. The lowest BCUT2D eigenvalue weighted by atomic mass is 9.77. The third-order valence-corrected chi connectivity index (χ3v) is 8.88. The number of nitrogens with zero attached hydrogens (tertiary/aromatic N) is 1. The summed E-state index contributed by atoms with van der Waals surface area (Å²) < 4.78 is 15.0. The Hall–Kier alpha value is -5.03. The lowest BCUT2D eigenvalue weighted by Crippen LogP contribution is -2.51. The molecule has 4 aromatic carbocycles. The molecule has 0 spiro atoms. The molecule has 4 aromatic rings. The number of hydrogen-bond donors (Lipinski definition) is 1. The fourth-order valence-corrected chi connectivity index (χ4v) is 5.76. The smallest absolute Gasteiger partial charge is 0.342 e. The summed E-state index contributed by atoms with van der Waals surface area (Å²) in [5.41, 5.74) is 1.98. The molecule has 0 bridgehead atoms. The Morgan fingerprint density at radius 3 is 2.04 bits per heavy atom. The van der Waals surface area contributed by atoms with Gasteiger partial charge >= 0.3 is 11.9 Å². The summed E-state index contributed by atoms with van der Waals surface area (Å²) in [5, 5.41) is 4.10. The van der Waals surface area contributed by atoms with Crippen molar-refractivity contribution in [2.75, 3.05) is 32.4 Å². The van der Waals surface area contributed by atoms with Crippen molar-refractivity contribution in [1.29, 1.82) is 0 Å². The van der Waals surface area contributed by atoms with Gasteiger partial charge in [0, 0.05) is 6.61 Å². The lowest BCUT2D eigenvalue weighted by molar-refractivity contribution is -0.158. The lowest BCUT2D eigenvalue weighted by Gasteiger charge is -2.31. The molecule has 0 aromatic heterocycles. The number of carbonyl (C=O) groups excluding carboxylic acids is 5. The molecule has 10 nitrogen and oxygen atoms in total. The number of rotatable bonds is 12. The van der Waals surface area contributed by atoms with Crippen LogP contribution in [0.3, 0.4) is 0 Å². The van der Waals surface area contributed by atoms with E-state index in [-0.39, 0.29) is 30.9 Å². The second-order valence-corrected chi connectivity index (χ2v) is 12.1. The number of fused-ring (bicyclic) bond motifs is 1. The number of amides is 2. The van der Waals surface area contributed by atoms with Crippen LogP contribution in [0.1, 0.15) is 56.0 Å². The first-order chi connectivity index (χ1) is 23.9. The molecule has 50 heavy (non-hydrogen) atoms. The second-order valence-electron chi connectivity index (χ2n) is 11.3. The highest BCUT2D eigenvalue weighted by Gasteiger charge is 2.50. The predicted molar refractivity (Wildman–Crippen MR) is 190 cm³/mol. The molecule has 12 heteroatoms. The minimum Gasteiger partial charge on any atom is -0.468 e. The van der Waals surface area contributed by atoms with Gasteiger partial charge in [0.2, 0.25) is 0 Å². The standard InChI is InChI=1S/C21H19NO5.C17H17Cl2NO3/c1-14(23)21(20(26)27-2,12-15-8-4-3-5-9-15)13-22-18(24)16-10-6-7-11-17(16)19(22)25;1-3-22-10-23-17(21)12-6-4-5-7-14(12)20-16-13(18)9-8-11(2)15(16)19/h3-11H,12-13H2,1-2H3;4-9,20H,3,10H2,1-2H3. The van der Waals surface area contributed by atoms with Crippen LogP contribution in [0.5, 0.6) is 0 Å². The maximum atomic E-state index is 12.7. The molecular weight excluding hydrogens is 683 g/mol. The SMILES string of the molecule is CCOCOC(=O)c1ccccc1Nc1c(Cl)ccc(C)c1Cl.COC(=O)C(Cc1ccccc1)(CN1C(=O)c2ccccc2C1=O)C(C)=O. The first-order valence-corrected chi connectivity index (χ1v) is 16.3. The molecule has 260 valence electrons. The Kier molecular flexibility index (Phi) is 12.9. The fraction of sp³-hybridized carbons (Fsp3) is 0.237. The largest absolute Gasteiger partial charge is 0.468 e. The van der Waals surface area contributed by atoms with Gasteiger partial charge in [-0.3, -0.25) is 24.1 Å². The number of halogens is 2. The van der Waals surface area contributed by atoms with Crippen LogP contribution >= 0.6 is 23.2 Å². The summed E-state index contributed by atoms with van der Waals surface area (Å²) in [6.07, 6.45) is 0.0310. The third-order valence-electron chi connectivity index (χ3n) is 8.07. The van der Waals surface area contributed by atoms with Crippen molar-refractivity contribution in [3.8, 4) is 0 Å². The monoisotopic (exact) mass is 718 g/mol. The van der Waals surface area contributed by atoms with Gasteiger partial charge in [-0.2, -0.15) is 0 Å². The number of nitrogens with one attached hydrogen (secondary N) is 1. The van der Waals surface area contributed by atoms with Crippen LogP contribution < -0.4 is 5.32 Å². The summed E-state index contributed by atoms with van der Waals surface area (Å²) in [4.78, 5) is 63.8. The van der Waals surface area contributed by atoms with Crippen LogP contribution in [-0.2, 0) is 30.2 Å². The molecule has 0 saturated heterocycles. The van der Waals surface area contributed by atoms with Crippen LogP contribution in [0.2, 0.25) is 10.0 Å². The van der Waals surface area contributed by atoms with E-state index in [0.717, 1.165) is 16.0 Å². The summed E-state index contributed by atoms with van der Waals surface area (Å²) in [5.74, 6) is -2.75. The van der Waals surface area contributed by atoms with Gasteiger partial charge < -0.3 is 19.5 Å². The Labute approximate surface area is 300 Å². The van der Waals surface area contributed by atoms with Crippen LogP contribution in [0.4, 0.5) is 11.4 Å². The fourth-order valence-electron chi connectivity index (χ4n) is 5.30. The Morgan fingerprint density at radius 2 is 1.44 bits per heavy atom. The minimum absolute atomic E-state index is 0.0310. The van der Waals surface area contributed by atoms with E-state index in [1.165, 1.54) is 14.0 Å². The van der Waals surface area contributed by atoms with E-state index >= 15 is 0 Å². The topological polar surface area (TPSA) is 128 Å². The first kappa shape index (κ1) is 37.8. The molecule has 0 radical (unpaired) electrons. The van der Waals surface area contributed by atoms with E-state index in [0.29, 0.717) is 33.6 Å². The first-order valence-electron chi connectivity index (χ1n) is 15.6. The Morgan fingerprint density at radius 1 is 0.840 bits per heavy atom. The van der Waals surface area contributed by atoms with Gasteiger partial charge in [0.25, 0.3) is 11.8 Å². The van der Waals surface area contributed by atoms with Crippen molar-refractivity contribution >= 4 is 64.1 Å². The van der Waals surface area contributed by atoms with Crippen LogP contribution in [0.25, 0.3) is 0 Å². The highest BCUT2D eigenvalue weighted by Crippen LogP contribution is 2.36. The van der Waals surface area contributed by atoms with Crippen molar-refractivity contribution in [3.05, 3.63) is 129 Å². The van der Waals surface area contributed by atoms with Crippen LogP contribution in [0, 0.1) is 12.3 Å². The third kappa shape index (κ3) is 8.39. The highest BCUT2D eigenvalue weighted by molar-refractivity contribution is 6.39. The number of benzene rings is 4. The van der Waals surface area contributed by atoms with Gasteiger partial charge in [-0.05, 0) is 68.7 Å². The van der Waals surface area contributed by atoms with Crippen molar-refractivity contribution in [2.24, 2.45) is 5.41 Å². The van der Waals surface area contributed by atoms with E-state index in [9.17, 15) is 24.0 Å². The van der Waals surface area contributed by atoms with E-state index in [4.69, 9.17) is 37.4 Å². The van der Waals surface area contributed by atoms with E-state index in [1.54, 1.807) is 78.9 Å². The van der Waals surface area contributed by atoms with Gasteiger partial charge in [-0.25, -0.2) is 4.79 Å². The summed E-state index contributed by atoms with van der Waals surface area (Å²) in [6, 6.07) is 26.0.